The Kier molecular flexibility index (Phi) is 3.76. The molecule has 2 aliphatic heterocycles. The highest BCUT2D eigenvalue weighted by Crippen LogP contribution is 2.39. The molecule has 0 aliphatic carbocycles. The van der Waals surface area contributed by atoms with Crippen molar-refractivity contribution in [3.05, 3.63) is 24.3 Å². The SMILES string of the molecule is COc1ccccc1NC1(C(N)=O)CCN2CCCCC21. The summed E-state index contributed by atoms with van der Waals surface area (Å²) in [5.74, 6) is 0.482. The lowest BCUT2D eigenvalue weighted by Gasteiger charge is -2.39. The average molecular weight is 289 g/mol. The number of anilines is 1. The molecule has 2 atom stereocenters. The van der Waals surface area contributed by atoms with Crippen LogP contribution in [-0.4, -0.2) is 42.6 Å². The van der Waals surface area contributed by atoms with Crippen molar-refractivity contribution < 1.29 is 9.53 Å². The molecule has 3 N–H and O–H groups in total. The van der Waals surface area contributed by atoms with Crippen molar-refractivity contribution in [1.82, 2.24) is 4.90 Å². The molecule has 0 radical (unpaired) electrons. The molecule has 2 unspecified atom stereocenters. The van der Waals surface area contributed by atoms with Crippen LogP contribution in [0.1, 0.15) is 25.7 Å². The van der Waals surface area contributed by atoms with Gasteiger partial charge in [0.1, 0.15) is 11.3 Å². The lowest BCUT2D eigenvalue weighted by Crippen LogP contribution is -2.59. The Morgan fingerprint density at radius 3 is 2.95 bits per heavy atom. The zero-order chi connectivity index (χ0) is 14.9. The number of carbonyl (C=O) groups is 1. The number of rotatable bonds is 4. The van der Waals surface area contributed by atoms with E-state index in [9.17, 15) is 4.79 Å². The maximum atomic E-state index is 12.3. The van der Waals surface area contributed by atoms with E-state index in [2.05, 4.69) is 10.2 Å². The largest absolute Gasteiger partial charge is 0.495 e. The molecule has 2 aliphatic rings. The third-order valence-corrected chi connectivity index (χ3v) is 4.88. The number of nitrogens with one attached hydrogen (secondary N) is 1. The highest BCUT2D eigenvalue weighted by Gasteiger charge is 2.52. The number of methoxy groups -OCH3 is 1. The Morgan fingerprint density at radius 1 is 1.38 bits per heavy atom. The van der Waals surface area contributed by atoms with E-state index in [1.807, 2.05) is 24.3 Å². The number of hydrogen-bond acceptors (Lipinski definition) is 4. The van der Waals surface area contributed by atoms with Crippen molar-refractivity contribution in [2.45, 2.75) is 37.3 Å². The summed E-state index contributed by atoms with van der Waals surface area (Å²) in [5, 5.41) is 3.43. The minimum atomic E-state index is -0.685. The molecule has 0 saturated carbocycles. The Labute approximate surface area is 125 Å². The molecule has 3 rings (SSSR count). The van der Waals surface area contributed by atoms with Crippen LogP contribution in [0, 0.1) is 0 Å². The standard InChI is InChI=1S/C16H23N3O2/c1-21-13-7-3-2-6-12(13)18-16(15(17)20)9-11-19-10-5-4-8-14(16)19/h2-3,6-7,14,18H,4-5,8-11H2,1H3,(H2,17,20). The van der Waals surface area contributed by atoms with Crippen LogP contribution in [0.25, 0.3) is 0 Å². The van der Waals surface area contributed by atoms with Crippen LogP contribution < -0.4 is 15.8 Å². The third kappa shape index (κ3) is 2.35. The zero-order valence-corrected chi connectivity index (χ0v) is 12.5. The molecule has 1 aromatic carbocycles. The number of amides is 1. The number of primary amides is 1. The van der Waals surface area contributed by atoms with Gasteiger partial charge < -0.3 is 15.8 Å². The van der Waals surface area contributed by atoms with Gasteiger partial charge in [-0.15, -0.1) is 0 Å². The monoisotopic (exact) mass is 289 g/mol. The number of para-hydroxylation sites is 2. The second-order valence-electron chi connectivity index (χ2n) is 5.96. The van der Waals surface area contributed by atoms with Gasteiger partial charge in [0.15, 0.2) is 0 Å². The van der Waals surface area contributed by atoms with E-state index in [0.29, 0.717) is 0 Å². The highest BCUT2D eigenvalue weighted by molar-refractivity contribution is 5.90. The van der Waals surface area contributed by atoms with Crippen LogP contribution >= 0.6 is 0 Å². The van der Waals surface area contributed by atoms with E-state index >= 15 is 0 Å². The zero-order valence-electron chi connectivity index (χ0n) is 12.5. The summed E-state index contributed by atoms with van der Waals surface area (Å²) in [6, 6.07) is 7.88. The molecule has 5 heteroatoms. The summed E-state index contributed by atoms with van der Waals surface area (Å²) in [7, 11) is 1.64. The molecule has 2 saturated heterocycles. The number of carbonyl (C=O) groups excluding carboxylic acids is 1. The Morgan fingerprint density at radius 2 is 2.19 bits per heavy atom. The number of ether oxygens (including phenoxy) is 1. The highest BCUT2D eigenvalue weighted by atomic mass is 16.5. The molecule has 5 nitrogen and oxygen atoms in total. The molecule has 114 valence electrons. The fourth-order valence-corrected chi connectivity index (χ4v) is 3.79. The summed E-state index contributed by atoms with van der Waals surface area (Å²) in [5.41, 5.74) is 5.96. The second-order valence-corrected chi connectivity index (χ2v) is 5.96. The summed E-state index contributed by atoms with van der Waals surface area (Å²) >= 11 is 0. The Balaban J connectivity index is 1.93. The molecule has 1 amide bonds. The van der Waals surface area contributed by atoms with Crippen LogP contribution in [0.3, 0.4) is 0 Å². The first kappa shape index (κ1) is 14.2. The predicted octanol–water partition coefficient (Wildman–Crippen LogP) is 1.59. The van der Waals surface area contributed by atoms with Crippen molar-refractivity contribution in [2.75, 3.05) is 25.5 Å². The van der Waals surface area contributed by atoms with Crippen molar-refractivity contribution in [1.29, 1.82) is 0 Å². The normalized spacial score (nSPS) is 28.9. The Hall–Kier alpha value is -1.75. The van der Waals surface area contributed by atoms with E-state index in [4.69, 9.17) is 10.5 Å². The third-order valence-electron chi connectivity index (χ3n) is 4.88. The minimum absolute atomic E-state index is 0.189. The summed E-state index contributed by atoms with van der Waals surface area (Å²) < 4.78 is 5.39. The van der Waals surface area contributed by atoms with E-state index in [0.717, 1.165) is 43.8 Å². The van der Waals surface area contributed by atoms with E-state index in [-0.39, 0.29) is 11.9 Å². The van der Waals surface area contributed by atoms with Crippen molar-refractivity contribution in [3.63, 3.8) is 0 Å². The molecule has 1 aromatic rings. The maximum Gasteiger partial charge on any atom is 0.244 e. The maximum absolute atomic E-state index is 12.3. The molecule has 0 spiro atoms. The molecule has 0 aromatic heterocycles. The van der Waals surface area contributed by atoms with Crippen LogP contribution in [-0.2, 0) is 4.79 Å². The summed E-state index contributed by atoms with van der Waals surface area (Å²) in [6.45, 7) is 1.99. The topological polar surface area (TPSA) is 67.6 Å². The van der Waals surface area contributed by atoms with Gasteiger partial charge in [-0.1, -0.05) is 18.6 Å². The number of benzene rings is 1. The number of piperidine rings is 1. The molecular formula is C16H23N3O2. The quantitative estimate of drug-likeness (QED) is 0.883. The molecule has 0 bridgehead atoms. The number of nitrogens with zero attached hydrogens (tertiary/aromatic N) is 1. The number of nitrogens with two attached hydrogens (primary N) is 1. The molecule has 2 heterocycles. The van der Waals surface area contributed by atoms with Gasteiger partial charge in [-0.2, -0.15) is 0 Å². The smallest absolute Gasteiger partial charge is 0.244 e. The number of fused-ring (bicyclic) bond motifs is 1. The van der Waals surface area contributed by atoms with Crippen LogP contribution in [0.5, 0.6) is 5.75 Å². The molecular weight excluding hydrogens is 266 g/mol. The van der Waals surface area contributed by atoms with Gasteiger partial charge in [-0.3, -0.25) is 9.69 Å². The van der Waals surface area contributed by atoms with Gasteiger partial charge >= 0.3 is 0 Å². The minimum Gasteiger partial charge on any atom is -0.495 e. The lowest BCUT2D eigenvalue weighted by atomic mass is 9.84. The first-order valence-corrected chi connectivity index (χ1v) is 7.62. The van der Waals surface area contributed by atoms with Gasteiger partial charge in [-0.05, 0) is 37.9 Å². The first-order valence-electron chi connectivity index (χ1n) is 7.62. The van der Waals surface area contributed by atoms with Gasteiger partial charge in [0, 0.05) is 12.6 Å². The van der Waals surface area contributed by atoms with Gasteiger partial charge in [0.25, 0.3) is 0 Å². The van der Waals surface area contributed by atoms with Gasteiger partial charge in [0.2, 0.25) is 5.91 Å². The number of hydrogen-bond donors (Lipinski definition) is 2. The summed E-state index contributed by atoms with van der Waals surface area (Å²) in [6.07, 6.45) is 4.14. The molecule has 21 heavy (non-hydrogen) atoms. The fourth-order valence-electron chi connectivity index (χ4n) is 3.79. The van der Waals surface area contributed by atoms with E-state index < -0.39 is 5.54 Å². The lowest BCUT2D eigenvalue weighted by molar-refractivity contribution is -0.123. The van der Waals surface area contributed by atoms with Gasteiger partial charge in [0.05, 0.1) is 12.8 Å². The first-order chi connectivity index (χ1) is 10.2. The van der Waals surface area contributed by atoms with Crippen molar-refractivity contribution in [3.8, 4) is 5.75 Å². The van der Waals surface area contributed by atoms with Gasteiger partial charge in [-0.25, -0.2) is 0 Å². The van der Waals surface area contributed by atoms with Crippen LogP contribution in [0.4, 0.5) is 5.69 Å². The average Bonchev–Trinajstić information content (AvgIpc) is 2.88. The van der Waals surface area contributed by atoms with E-state index in [1.54, 1.807) is 7.11 Å². The van der Waals surface area contributed by atoms with Crippen molar-refractivity contribution >= 4 is 11.6 Å². The summed E-state index contributed by atoms with van der Waals surface area (Å²) in [4.78, 5) is 14.7. The molecule has 2 fully saturated rings. The second kappa shape index (κ2) is 5.56. The van der Waals surface area contributed by atoms with Crippen LogP contribution in [0.2, 0.25) is 0 Å². The predicted molar refractivity (Wildman–Crippen MR) is 82.4 cm³/mol. The van der Waals surface area contributed by atoms with Crippen LogP contribution in [0.15, 0.2) is 24.3 Å². The van der Waals surface area contributed by atoms with Crippen molar-refractivity contribution in [2.24, 2.45) is 5.73 Å². The Bertz CT molecular complexity index is 534. The fraction of sp³-hybridized carbons (Fsp3) is 0.562. The van der Waals surface area contributed by atoms with E-state index in [1.165, 1.54) is 6.42 Å².